The van der Waals surface area contributed by atoms with Gasteiger partial charge in [-0.15, -0.1) is 0 Å². The number of halogens is 1. The molecule has 1 aromatic carbocycles. The Balaban J connectivity index is 1.87. The molecule has 3 rings (SSSR count). The predicted molar refractivity (Wildman–Crippen MR) is 103 cm³/mol. The lowest BCUT2D eigenvalue weighted by molar-refractivity contribution is -0.384. The highest BCUT2D eigenvalue weighted by atomic mass is 35.5. The van der Waals surface area contributed by atoms with Crippen LogP contribution in [0.5, 0.6) is 0 Å². The molecule has 1 fully saturated rings. The zero-order valence-corrected chi connectivity index (χ0v) is 16.6. The predicted octanol–water partition coefficient (Wildman–Crippen LogP) is 2.75. The fraction of sp³-hybridized carbons (Fsp3) is 0.444. The van der Waals surface area contributed by atoms with Crippen molar-refractivity contribution in [3.63, 3.8) is 0 Å². The van der Waals surface area contributed by atoms with Crippen LogP contribution in [0.4, 0.5) is 11.4 Å². The van der Waals surface area contributed by atoms with Gasteiger partial charge in [0.15, 0.2) is 0 Å². The summed E-state index contributed by atoms with van der Waals surface area (Å²) in [7, 11) is 1.20. The Morgan fingerprint density at radius 2 is 2.18 bits per heavy atom. The van der Waals surface area contributed by atoms with E-state index in [-0.39, 0.29) is 22.4 Å². The van der Waals surface area contributed by atoms with Crippen LogP contribution in [0, 0.1) is 24.0 Å². The highest BCUT2D eigenvalue weighted by Gasteiger charge is 2.29. The molecule has 0 bridgehead atoms. The number of carbonyl (C=O) groups is 1. The van der Waals surface area contributed by atoms with E-state index < -0.39 is 10.9 Å². The van der Waals surface area contributed by atoms with Crippen molar-refractivity contribution >= 4 is 28.9 Å². The lowest BCUT2D eigenvalue weighted by Crippen LogP contribution is -2.44. The van der Waals surface area contributed by atoms with Crippen molar-refractivity contribution in [3.05, 3.63) is 50.3 Å². The molecule has 0 aliphatic carbocycles. The van der Waals surface area contributed by atoms with E-state index in [1.807, 2.05) is 29.5 Å². The molecule has 0 spiro atoms. The van der Waals surface area contributed by atoms with Gasteiger partial charge in [0.2, 0.25) is 0 Å². The fourth-order valence-electron chi connectivity index (χ4n) is 3.32. The van der Waals surface area contributed by atoms with Gasteiger partial charge in [-0.1, -0.05) is 11.6 Å². The summed E-state index contributed by atoms with van der Waals surface area (Å²) in [5.74, 6) is -0.718. The quantitative estimate of drug-likeness (QED) is 0.426. The van der Waals surface area contributed by atoms with Crippen LogP contribution >= 0.6 is 11.6 Å². The van der Waals surface area contributed by atoms with Crippen molar-refractivity contribution in [2.45, 2.75) is 26.5 Å². The number of carbonyl (C=O) groups excluding carboxylic acids is 1. The van der Waals surface area contributed by atoms with Crippen LogP contribution in [0.15, 0.2) is 18.2 Å². The minimum atomic E-state index is -0.718. The second-order valence-electron chi connectivity index (χ2n) is 6.62. The molecule has 1 aliphatic heterocycles. The summed E-state index contributed by atoms with van der Waals surface area (Å²) < 4.78 is 12.3. The third-order valence-electron chi connectivity index (χ3n) is 4.63. The Hall–Kier alpha value is -2.65. The molecular formula is C18H21ClN4O5. The summed E-state index contributed by atoms with van der Waals surface area (Å²) in [6.45, 7) is 5.76. The zero-order chi connectivity index (χ0) is 20.4. The molecule has 28 heavy (non-hydrogen) atoms. The lowest BCUT2D eigenvalue weighted by atomic mass is 10.1. The molecule has 1 unspecified atom stereocenters. The van der Waals surface area contributed by atoms with Crippen molar-refractivity contribution in [1.29, 1.82) is 0 Å². The summed E-state index contributed by atoms with van der Waals surface area (Å²) in [5, 5.41) is 16.1. The Morgan fingerprint density at radius 1 is 1.43 bits per heavy atom. The van der Waals surface area contributed by atoms with Crippen LogP contribution in [-0.2, 0) is 16.0 Å². The van der Waals surface area contributed by atoms with E-state index in [4.69, 9.17) is 16.3 Å². The van der Waals surface area contributed by atoms with Gasteiger partial charge in [0.25, 0.3) is 5.69 Å². The number of nitrogens with zero attached hydrogens (tertiary/aromatic N) is 4. The van der Waals surface area contributed by atoms with Crippen molar-refractivity contribution < 1.29 is 19.2 Å². The molecule has 0 saturated carbocycles. The van der Waals surface area contributed by atoms with Crippen LogP contribution in [0.25, 0.3) is 0 Å². The molecule has 1 aliphatic rings. The first-order valence-electron chi connectivity index (χ1n) is 8.74. The number of ether oxygens (including phenoxy) is 2. The molecule has 2 aromatic rings. The number of methoxy groups -OCH3 is 1. The molecule has 10 heteroatoms. The van der Waals surface area contributed by atoms with Crippen LogP contribution in [-0.4, -0.2) is 53.6 Å². The summed E-state index contributed by atoms with van der Waals surface area (Å²) in [6.07, 6.45) is -0.189. The summed E-state index contributed by atoms with van der Waals surface area (Å²) in [5.41, 5.74) is 2.06. The molecule has 0 N–H and O–H groups in total. The number of anilines is 1. The number of hydrogen-bond acceptors (Lipinski definition) is 7. The average Bonchev–Trinajstić information content (AvgIpc) is 2.97. The summed E-state index contributed by atoms with van der Waals surface area (Å²) >= 11 is 6.19. The van der Waals surface area contributed by atoms with Crippen LogP contribution in [0.2, 0.25) is 5.02 Å². The highest BCUT2D eigenvalue weighted by Crippen LogP contribution is 2.35. The van der Waals surface area contributed by atoms with Gasteiger partial charge in [-0.2, -0.15) is 5.10 Å². The lowest BCUT2D eigenvalue weighted by Gasteiger charge is -2.34. The number of nitro groups is 1. The van der Waals surface area contributed by atoms with Crippen LogP contribution in [0.1, 0.15) is 21.7 Å². The normalized spacial score (nSPS) is 16.9. The van der Waals surface area contributed by atoms with E-state index in [1.165, 1.54) is 13.2 Å². The monoisotopic (exact) mass is 408 g/mol. The maximum atomic E-state index is 11.8. The van der Waals surface area contributed by atoms with Gasteiger partial charge in [-0.05, 0) is 26.0 Å². The molecule has 2 heterocycles. The number of aryl methyl sites for hydroxylation is 2. The van der Waals surface area contributed by atoms with Gasteiger partial charge in [-0.25, -0.2) is 4.79 Å². The van der Waals surface area contributed by atoms with E-state index in [9.17, 15) is 14.9 Å². The fourth-order valence-corrected chi connectivity index (χ4v) is 3.55. The van der Waals surface area contributed by atoms with Crippen LogP contribution < -0.4 is 4.90 Å². The second-order valence-corrected chi connectivity index (χ2v) is 7.02. The number of benzene rings is 1. The van der Waals surface area contributed by atoms with Crippen molar-refractivity contribution in [1.82, 2.24) is 9.78 Å². The molecule has 1 atom stereocenters. The minimum Gasteiger partial charge on any atom is -0.465 e. The van der Waals surface area contributed by atoms with E-state index in [0.29, 0.717) is 31.9 Å². The first-order valence-corrected chi connectivity index (χ1v) is 9.11. The van der Waals surface area contributed by atoms with E-state index in [0.717, 1.165) is 17.5 Å². The van der Waals surface area contributed by atoms with Gasteiger partial charge in [-0.3, -0.25) is 14.8 Å². The van der Waals surface area contributed by atoms with Gasteiger partial charge in [0.05, 0.1) is 47.6 Å². The number of morpholine rings is 1. The van der Waals surface area contributed by atoms with Crippen molar-refractivity contribution in [2.75, 3.05) is 31.7 Å². The molecule has 9 nitrogen and oxygen atoms in total. The average molecular weight is 409 g/mol. The summed E-state index contributed by atoms with van der Waals surface area (Å²) in [6, 6.07) is 4.59. The Labute approximate surface area is 166 Å². The number of rotatable bonds is 5. The highest BCUT2D eigenvalue weighted by molar-refractivity contribution is 6.34. The standard InChI is InChI=1S/C18H21ClN4O5/c1-11-6-12(2)22(20-11)10-13-9-21(4-5-28-13)16-8-15(19)14(18(24)27-3)7-17(16)23(25)26/h6-8,13H,4-5,9-10H2,1-3H3. The Morgan fingerprint density at radius 3 is 2.79 bits per heavy atom. The second kappa shape index (κ2) is 8.15. The minimum absolute atomic E-state index is 0.0351. The van der Waals surface area contributed by atoms with E-state index >= 15 is 0 Å². The molecule has 0 radical (unpaired) electrons. The summed E-state index contributed by atoms with van der Waals surface area (Å²) in [4.78, 5) is 24.7. The molecule has 0 amide bonds. The SMILES string of the molecule is COC(=O)c1cc([N+](=O)[O-])c(N2CCOC(Cn3nc(C)cc3C)C2)cc1Cl. The third kappa shape index (κ3) is 4.10. The molecule has 150 valence electrons. The topological polar surface area (TPSA) is 99.7 Å². The van der Waals surface area contributed by atoms with Crippen molar-refractivity contribution in [3.8, 4) is 0 Å². The maximum absolute atomic E-state index is 11.8. The Kier molecular flexibility index (Phi) is 5.85. The first-order chi connectivity index (χ1) is 13.3. The Bertz CT molecular complexity index is 914. The third-order valence-corrected chi connectivity index (χ3v) is 4.94. The number of hydrogen-bond donors (Lipinski definition) is 0. The number of esters is 1. The van der Waals surface area contributed by atoms with Gasteiger partial charge in [0.1, 0.15) is 5.69 Å². The molecule has 1 saturated heterocycles. The largest absolute Gasteiger partial charge is 0.465 e. The van der Waals surface area contributed by atoms with Gasteiger partial charge in [0, 0.05) is 24.8 Å². The molecule has 1 aromatic heterocycles. The van der Waals surface area contributed by atoms with Gasteiger partial charge >= 0.3 is 5.97 Å². The van der Waals surface area contributed by atoms with E-state index in [2.05, 4.69) is 9.84 Å². The van der Waals surface area contributed by atoms with Crippen molar-refractivity contribution in [2.24, 2.45) is 0 Å². The van der Waals surface area contributed by atoms with E-state index in [1.54, 1.807) is 0 Å². The smallest absolute Gasteiger partial charge is 0.339 e. The van der Waals surface area contributed by atoms with Gasteiger partial charge < -0.3 is 14.4 Å². The first kappa shape index (κ1) is 20.1. The number of aromatic nitrogens is 2. The van der Waals surface area contributed by atoms with Crippen LogP contribution in [0.3, 0.4) is 0 Å². The molecular weight excluding hydrogens is 388 g/mol. The maximum Gasteiger partial charge on any atom is 0.339 e. The number of nitro benzene ring substituents is 1. The zero-order valence-electron chi connectivity index (χ0n) is 15.8.